The lowest BCUT2D eigenvalue weighted by Gasteiger charge is -2.05. The molecular weight excluding hydrogens is 304 g/mol. The highest BCUT2D eigenvalue weighted by Crippen LogP contribution is 2.30. The van der Waals surface area contributed by atoms with Crippen molar-refractivity contribution < 1.29 is 9.90 Å². The number of carboxylic acid groups (broad SMARTS) is 1. The Morgan fingerprint density at radius 1 is 1.35 bits per heavy atom. The standard InChI is InChI=1S/C11H7BrN2O2S/c12-7-1-2-9(8(5-7)11(15)16)17-10-6-13-3-4-14-10/h1-6H,(H,15,16). The summed E-state index contributed by atoms with van der Waals surface area (Å²) in [5.41, 5.74) is 0.245. The number of carbonyl (C=O) groups is 1. The van der Waals surface area contributed by atoms with Crippen LogP contribution in [0.4, 0.5) is 0 Å². The third-order valence-corrected chi connectivity index (χ3v) is 3.42. The highest BCUT2D eigenvalue weighted by Gasteiger charge is 2.12. The molecule has 0 saturated heterocycles. The van der Waals surface area contributed by atoms with Crippen LogP contribution in [0.25, 0.3) is 0 Å². The predicted molar refractivity (Wildman–Crippen MR) is 67.3 cm³/mol. The van der Waals surface area contributed by atoms with Crippen LogP contribution < -0.4 is 0 Å². The number of nitrogens with zero attached hydrogens (tertiary/aromatic N) is 2. The van der Waals surface area contributed by atoms with Crippen LogP contribution in [0, 0.1) is 0 Å². The van der Waals surface area contributed by atoms with Gasteiger partial charge in [0.25, 0.3) is 0 Å². The lowest BCUT2D eigenvalue weighted by molar-refractivity contribution is 0.0693. The van der Waals surface area contributed by atoms with E-state index in [2.05, 4.69) is 25.9 Å². The summed E-state index contributed by atoms with van der Waals surface area (Å²) in [4.78, 5) is 19.8. The fraction of sp³-hybridized carbons (Fsp3) is 0. The topological polar surface area (TPSA) is 63.1 Å². The molecular formula is C11H7BrN2O2S. The second kappa shape index (κ2) is 5.29. The third-order valence-electron chi connectivity index (χ3n) is 1.93. The van der Waals surface area contributed by atoms with Gasteiger partial charge in [-0.15, -0.1) is 0 Å². The summed E-state index contributed by atoms with van der Waals surface area (Å²) >= 11 is 4.53. The molecule has 0 unspecified atom stereocenters. The molecule has 4 nitrogen and oxygen atoms in total. The molecule has 1 aromatic carbocycles. The van der Waals surface area contributed by atoms with Gasteiger partial charge in [-0.2, -0.15) is 0 Å². The summed E-state index contributed by atoms with van der Waals surface area (Å²) in [6.07, 6.45) is 4.74. The molecule has 0 saturated carbocycles. The highest BCUT2D eigenvalue weighted by molar-refractivity contribution is 9.10. The minimum absolute atomic E-state index is 0.245. The van der Waals surface area contributed by atoms with Gasteiger partial charge in [-0.05, 0) is 18.2 Å². The van der Waals surface area contributed by atoms with E-state index in [-0.39, 0.29) is 5.56 Å². The Labute approximate surface area is 110 Å². The number of aromatic carboxylic acids is 1. The molecule has 0 atom stereocenters. The molecule has 1 N–H and O–H groups in total. The zero-order valence-electron chi connectivity index (χ0n) is 8.50. The average molecular weight is 311 g/mol. The second-order valence-electron chi connectivity index (χ2n) is 3.09. The van der Waals surface area contributed by atoms with Crippen LogP contribution in [-0.2, 0) is 0 Å². The van der Waals surface area contributed by atoms with Crippen LogP contribution in [0.1, 0.15) is 10.4 Å². The first kappa shape index (κ1) is 12.1. The maximum absolute atomic E-state index is 11.1. The van der Waals surface area contributed by atoms with Crippen LogP contribution in [0.3, 0.4) is 0 Å². The largest absolute Gasteiger partial charge is 0.478 e. The number of hydrogen-bond donors (Lipinski definition) is 1. The lowest BCUT2D eigenvalue weighted by atomic mass is 10.2. The summed E-state index contributed by atoms with van der Waals surface area (Å²) in [6.45, 7) is 0. The minimum atomic E-state index is -0.960. The van der Waals surface area contributed by atoms with Gasteiger partial charge in [-0.25, -0.2) is 9.78 Å². The van der Waals surface area contributed by atoms with Crippen molar-refractivity contribution in [2.45, 2.75) is 9.92 Å². The molecule has 0 spiro atoms. The predicted octanol–water partition coefficient (Wildman–Crippen LogP) is 3.09. The first-order valence-corrected chi connectivity index (χ1v) is 6.24. The van der Waals surface area contributed by atoms with Gasteiger partial charge in [-0.3, -0.25) is 4.98 Å². The van der Waals surface area contributed by atoms with Crippen LogP contribution in [0.5, 0.6) is 0 Å². The van der Waals surface area contributed by atoms with Crippen molar-refractivity contribution in [3.05, 3.63) is 46.8 Å². The zero-order valence-corrected chi connectivity index (χ0v) is 10.9. The molecule has 0 amide bonds. The molecule has 0 aliphatic rings. The maximum Gasteiger partial charge on any atom is 0.336 e. The normalized spacial score (nSPS) is 10.2. The lowest BCUT2D eigenvalue weighted by Crippen LogP contribution is -1.98. The molecule has 0 radical (unpaired) electrons. The summed E-state index contributed by atoms with van der Waals surface area (Å²) < 4.78 is 0.735. The molecule has 2 rings (SSSR count). The van der Waals surface area contributed by atoms with Crippen molar-refractivity contribution in [3.8, 4) is 0 Å². The van der Waals surface area contributed by atoms with E-state index >= 15 is 0 Å². The highest BCUT2D eigenvalue weighted by atomic mass is 79.9. The van der Waals surface area contributed by atoms with Crippen molar-refractivity contribution in [1.29, 1.82) is 0 Å². The van der Waals surface area contributed by atoms with Crippen molar-refractivity contribution in [2.24, 2.45) is 0 Å². The van der Waals surface area contributed by atoms with E-state index in [9.17, 15) is 4.79 Å². The van der Waals surface area contributed by atoms with Gasteiger partial charge in [0.1, 0.15) is 5.03 Å². The van der Waals surface area contributed by atoms with Crippen molar-refractivity contribution in [1.82, 2.24) is 9.97 Å². The van der Waals surface area contributed by atoms with E-state index < -0.39 is 5.97 Å². The van der Waals surface area contributed by atoms with Gasteiger partial charge in [-0.1, -0.05) is 27.7 Å². The maximum atomic E-state index is 11.1. The molecule has 17 heavy (non-hydrogen) atoms. The zero-order chi connectivity index (χ0) is 12.3. The van der Waals surface area contributed by atoms with Crippen LogP contribution in [0.15, 0.2) is 51.2 Å². The third kappa shape index (κ3) is 3.04. The number of hydrogen-bond acceptors (Lipinski definition) is 4. The molecule has 0 aliphatic heterocycles. The molecule has 86 valence electrons. The van der Waals surface area contributed by atoms with E-state index in [1.165, 1.54) is 11.8 Å². The van der Waals surface area contributed by atoms with Gasteiger partial charge in [0.05, 0.1) is 11.8 Å². The number of carboxylic acids is 1. The number of halogens is 1. The second-order valence-corrected chi connectivity index (χ2v) is 5.07. The fourth-order valence-corrected chi connectivity index (χ4v) is 2.41. The molecule has 2 aromatic rings. The Balaban J connectivity index is 2.36. The van der Waals surface area contributed by atoms with Crippen molar-refractivity contribution in [3.63, 3.8) is 0 Å². The van der Waals surface area contributed by atoms with Crippen molar-refractivity contribution >= 4 is 33.7 Å². The summed E-state index contributed by atoms with van der Waals surface area (Å²) in [5, 5.41) is 9.76. The van der Waals surface area contributed by atoms with Gasteiger partial charge in [0.15, 0.2) is 0 Å². The number of rotatable bonds is 3. The van der Waals surface area contributed by atoms with Gasteiger partial charge in [0, 0.05) is 21.8 Å². The van der Waals surface area contributed by atoms with Crippen LogP contribution in [-0.4, -0.2) is 21.0 Å². The molecule has 6 heteroatoms. The summed E-state index contributed by atoms with van der Waals surface area (Å²) in [7, 11) is 0. The van der Waals surface area contributed by atoms with E-state index in [0.717, 1.165) is 4.47 Å². The molecule has 0 fully saturated rings. The quantitative estimate of drug-likeness (QED) is 0.944. The summed E-state index contributed by atoms with van der Waals surface area (Å²) in [5.74, 6) is -0.960. The van der Waals surface area contributed by atoms with Crippen molar-refractivity contribution in [2.75, 3.05) is 0 Å². The molecule has 1 heterocycles. The SMILES string of the molecule is O=C(O)c1cc(Br)ccc1Sc1cnccn1. The molecule has 1 aromatic heterocycles. The molecule has 0 aliphatic carbocycles. The van der Waals surface area contributed by atoms with E-state index in [1.807, 2.05) is 0 Å². The van der Waals surface area contributed by atoms with E-state index in [0.29, 0.717) is 9.92 Å². The van der Waals surface area contributed by atoms with E-state index in [4.69, 9.17) is 5.11 Å². The average Bonchev–Trinajstić information content (AvgIpc) is 2.32. The molecule has 0 bridgehead atoms. The Kier molecular flexibility index (Phi) is 3.75. The Bertz CT molecular complexity index is 548. The van der Waals surface area contributed by atoms with Gasteiger partial charge in [0.2, 0.25) is 0 Å². The fourth-order valence-electron chi connectivity index (χ4n) is 1.21. The smallest absolute Gasteiger partial charge is 0.336 e. The van der Waals surface area contributed by atoms with Gasteiger partial charge < -0.3 is 5.11 Å². The number of aromatic nitrogens is 2. The van der Waals surface area contributed by atoms with E-state index in [1.54, 1.807) is 36.8 Å². The Morgan fingerprint density at radius 2 is 2.18 bits per heavy atom. The Morgan fingerprint density at radius 3 is 2.82 bits per heavy atom. The number of benzene rings is 1. The minimum Gasteiger partial charge on any atom is -0.478 e. The first-order valence-electron chi connectivity index (χ1n) is 4.63. The monoisotopic (exact) mass is 310 g/mol. The summed E-state index contributed by atoms with van der Waals surface area (Å²) in [6, 6.07) is 5.11. The van der Waals surface area contributed by atoms with Crippen LogP contribution in [0.2, 0.25) is 0 Å². The first-order chi connectivity index (χ1) is 8.16. The van der Waals surface area contributed by atoms with Gasteiger partial charge >= 0.3 is 5.97 Å². The Hall–Kier alpha value is -1.40. The van der Waals surface area contributed by atoms with Crippen LogP contribution >= 0.6 is 27.7 Å².